The van der Waals surface area contributed by atoms with Crippen molar-refractivity contribution in [1.82, 2.24) is 14.2 Å². The molecule has 1 amide bonds. The summed E-state index contributed by atoms with van der Waals surface area (Å²) in [4.78, 5) is 18.6. The third-order valence-electron chi connectivity index (χ3n) is 6.37. The van der Waals surface area contributed by atoms with Gasteiger partial charge in [0.25, 0.3) is 0 Å². The Labute approximate surface area is 220 Å². The summed E-state index contributed by atoms with van der Waals surface area (Å²) in [6.07, 6.45) is 3.77. The highest BCUT2D eigenvalue weighted by Gasteiger charge is 2.38. The first-order valence-corrected chi connectivity index (χ1v) is 14.0. The number of rotatable bonds is 7. The molecule has 37 heavy (non-hydrogen) atoms. The molecule has 0 aliphatic carbocycles. The Bertz CT molecular complexity index is 1240. The maximum absolute atomic E-state index is 13.6. The van der Waals surface area contributed by atoms with Crippen LogP contribution in [0.5, 0.6) is 5.75 Å². The molecule has 200 valence electrons. The van der Waals surface area contributed by atoms with E-state index in [9.17, 15) is 18.3 Å². The number of aliphatic hydroxyl groups excluding tert-OH is 1. The van der Waals surface area contributed by atoms with Crippen LogP contribution < -0.4 is 4.74 Å². The molecule has 1 aromatic carbocycles. The predicted molar refractivity (Wildman–Crippen MR) is 142 cm³/mol. The SMILES string of the molecule is CC(C)CC#Cc1ccc2c(c1)O[C@H](CN(C)C(=O)Cc1cccnc1)C(C)CN([C@@H](C)CO)S2(=O)=O. The Morgan fingerprint density at radius 1 is 1.30 bits per heavy atom. The number of amides is 1. The van der Waals surface area contributed by atoms with Crippen molar-refractivity contribution >= 4 is 15.9 Å². The smallest absolute Gasteiger partial charge is 0.247 e. The van der Waals surface area contributed by atoms with Crippen LogP contribution in [-0.4, -0.2) is 72.5 Å². The molecule has 8 nitrogen and oxygen atoms in total. The van der Waals surface area contributed by atoms with Crippen molar-refractivity contribution in [1.29, 1.82) is 0 Å². The number of aliphatic hydroxyl groups is 1. The molecule has 1 unspecified atom stereocenters. The zero-order valence-electron chi connectivity index (χ0n) is 22.2. The van der Waals surface area contributed by atoms with Crippen LogP contribution in [-0.2, 0) is 21.2 Å². The number of ether oxygens (including phenoxy) is 1. The molecule has 1 aromatic heterocycles. The van der Waals surface area contributed by atoms with E-state index in [-0.39, 0.29) is 48.6 Å². The van der Waals surface area contributed by atoms with Crippen molar-refractivity contribution in [2.24, 2.45) is 11.8 Å². The monoisotopic (exact) mass is 527 g/mol. The van der Waals surface area contributed by atoms with Gasteiger partial charge >= 0.3 is 0 Å². The summed E-state index contributed by atoms with van der Waals surface area (Å²) in [5.41, 5.74) is 1.47. The number of carbonyl (C=O) groups is 1. The lowest BCUT2D eigenvalue weighted by molar-refractivity contribution is -0.130. The summed E-state index contributed by atoms with van der Waals surface area (Å²) in [7, 11) is -2.22. The summed E-state index contributed by atoms with van der Waals surface area (Å²) in [5, 5.41) is 9.81. The molecule has 0 saturated heterocycles. The number of nitrogens with zero attached hydrogens (tertiary/aromatic N) is 3. The minimum atomic E-state index is -3.93. The number of pyridine rings is 1. The number of aromatic nitrogens is 1. The van der Waals surface area contributed by atoms with E-state index in [1.807, 2.05) is 13.0 Å². The lowest BCUT2D eigenvalue weighted by Gasteiger charge is -2.37. The van der Waals surface area contributed by atoms with E-state index in [0.717, 1.165) is 12.0 Å². The van der Waals surface area contributed by atoms with Crippen LogP contribution in [0.4, 0.5) is 0 Å². The maximum Gasteiger partial charge on any atom is 0.247 e. The lowest BCUT2D eigenvalue weighted by atomic mass is 10.0. The molecule has 3 atom stereocenters. The fourth-order valence-electron chi connectivity index (χ4n) is 4.06. The van der Waals surface area contributed by atoms with E-state index < -0.39 is 22.2 Å². The molecular formula is C28H37N3O5S. The van der Waals surface area contributed by atoms with E-state index in [2.05, 4.69) is 30.7 Å². The molecular weight excluding hydrogens is 490 g/mol. The van der Waals surface area contributed by atoms with E-state index >= 15 is 0 Å². The molecule has 1 N–H and O–H groups in total. The summed E-state index contributed by atoms with van der Waals surface area (Å²) in [6, 6.07) is 7.88. The predicted octanol–water partition coefficient (Wildman–Crippen LogP) is 2.95. The summed E-state index contributed by atoms with van der Waals surface area (Å²) in [6.45, 7) is 7.85. The van der Waals surface area contributed by atoms with Gasteiger partial charge in [0.2, 0.25) is 15.9 Å². The van der Waals surface area contributed by atoms with Gasteiger partial charge in [0.15, 0.2) is 0 Å². The second-order valence-electron chi connectivity index (χ2n) is 10.1. The molecule has 0 saturated carbocycles. The zero-order chi connectivity index (χ0) is 27.2. The minimum absolute atomic E-state index is 0.0310. The van der Waals surface area contributed by atoms with Crippen molar-refractivity contribution in [3.63, 3.8) is 0 Å². The molecule has 2 heterocycles. The molecule has 2 aromatic rings. The van der Waals surface area contributed by atoms with Crippen LogP contribution in [0.1, 0.15) is 45.2 Å². The topological polar surface area (TPSA) is 100 Å². The third-order valence-corrected chi connectivity index (χ3v) is 8.39. The fourth-order valence-corrected chi connectivity index (χ4v) is 5.89. The summed E-state index contributed by atoms with van der Waals surface area (Å²) < 4.78 is 34.9. The number of hydrogen-bond acceptors (Lipinski definition) is 6. The van der Waals surface area contributed by atoms with Gasteiger partial charge in [-0.3, -0.25) is 9.78 Å². The Hall–Kier alpha value is -2.93. The summed E-state index contributed by atoms with van der Waals surface area (Å²) >= 11 is 0. The number of sulfonamides is 1. The van der Waals surface area contributed by atoms with Crippen molar-refractivity contribution in [3.05, 3.63) is 53.9 Å². The first-order valence-electron chi connectivity index (χ1n) is 12.6. The highest BCUT2D eigenvalue weighted by Crippen LogP contribution is 2.34. The van der Waals surface area contributed by atoms with E-state index in [1.165, 1.54) is 10.4 Å². The Balaban J connectivity index is 1.95. The zero-order valence-corrected chi connectivity index (χ0v) is 23.0. The average Bonchev–Trinajstić information content (AvgIpc) is 2.86. The second-order valence-corrected chi connectivity index (χ2v) is 12.0. The molecule has 1 aliphatic heterocycles. The number of carbonyl (C=O) groups excluding carboxylic acids is 1. The standard InChI is InChI=1S/C28H37N3O5S/c1-20(2)8-6-9-23-11-12-27-25(14-23)36-26(21(3)17-31(22(4)19-32)37(27,34)35)18-30(5)28(33)15-24-10-7-13-29-16-24/h7,10-14,16,20-22,26,32H,8,15,17-19H2,1-5H3/t21?,22-,26+/m0/s1. The van der Waals surface area contributed by atoms with Crippen molar-refractivity contribution in [3.8, 4) is 17.6 Å². The van der Waals surface area contributed by atoms with Gasteiger partial charge in [-0.05, 0) is 42.7 Å². The van der Waals surface area contributed by atoms with Gasteiger partial charge < -0.3 is 14.7 Å². The Morgan fingerprint density at radius 3 is 2.70 bits per heavy atom. The minimum Gasteiger partial charge on any atom is -0.487 e. The highest BCUT2D eigenvalue weighted by atomic mass is 32.2. The van der Waals surface area contributed by atoms with Crippen molar-refractivity contribution in [2.45, 2.75) is 57.6 Å². The van der Waals surface area contributed by atoms with Gasteiger partial charge in [-0.15, -0.1) is 0 Å². The normalized spacial score (nSPS) is 20.0. The van der Waals surface area contributed by atoms with Gasteiger partial charge in [-0.1, -0.05) is 38.7 Å². The van der Waals surface area contributed by atoms with Gasteiger partial charge in [0.1, 0.15) is 16.7 Å². The summed E-state index contributed by atoms with van der Waals surface area (Å²) in [5.74, 6) is 6.50. The third kappa shape index (κ3) is 7.31. The number of likely N-dealkylation sites (N-methyl/N-ethyl adjacent to an activating group) is 1. The van der Waals surface area contributed by atoms with E-state index in [4.69, 9.17) is 4.74 Å². The maximum atomic E-state index is 13.6. The Morgan fingerprint density at radius 2 is 2.05 bits per heavy atom. The second kappa shape index (κ2) is 12.5. The van der Waals surface area contributed by atoms with Crippen LogP contribution >= 0.6 is 0 Å². The molecule has 0 spiro atoms. The number of fused-ring (bicyclic) bond motifs is 1. The van der Waals surface area contributed by atoms with Crippen molar-refractivity contribution < 1.29 is 23.1 Å². The first kappa shape index (κ1) is 28.6. The molecule has 0 fully saturated rings. The molecule has 1 aliphatic rings. The molecule has 3 rings (SSSR count). The van der Waals surface area contributed by atoms with Gasteiger partial charge in [0, 0.05) is 49.9 Å². The van der Waals surface area contributed by atoms with E-state index in [1.54, 1.807) is 49.5 Å². The highest BCUT2D eigenvalue weighted by molar-refractivity contribution is 7.89. The van der Waals surface area contributed by atoms with Crippen LogP contribution in [0.15, 0.2) is 47.6 Å². The molecule has 0 bridgehead atoms. The number of hydrogen-bond donors (Lipinski definition) is 1. The van der Waals surface area contributed by atoms with Crippen LogP contribution in [0.25, 0.3) is 0 Å². The van der Waals surface area contributed by atoms with Crippen LogP contribution in [0.3, 0.4) is 0 Å². The molecule has 0 radical (unpaired) electrons. The largest absolute Gasteiger partial charge is 0.487 e. The fraction of sp³-hybridized carbons (Fsp3) is 0.500. The lowest BCUT2D eigenvalue weighted by Crippen LogP contribution is -2.50. The van der Waals surface area contributed by atoms with E-state index in [0.29, 0.717) is 11.5 Å². The Kier molecular flexibility index (Phi) is 9.71. The van der Waals surface area contributed by atoms with Gasteiger partial charge in [-0.2, -0.15) is 4.31 Å². The first-order chi connectivity index (χ1) is 17.5. The number of benzene rings is 1. The quantitative estimate of drug-likeness (QED) is 0.556. The van der Waals surface area contributed by atoms with Gasteiger partial charge in [0.05, 0.1) is 19.6 Å². The molecule has 9 heteroatoms. The van der Waals surface area contributed by atoms with Crippen molar-refractivity contribution in [2.75, 3.05) is 26.7 Å². The van der Waals surface area contributed by atoms with Crippen LogP contribution in [0, 0.1) is 23.7 Å². The van der Waals surface area contributed by atoms with Gasteiger partial charge in [-0.25, -0.2) is 8.42 Å². The average molecular weight is 528 g/mol. The van der Waals surface area contributed by atoms with Crippen LogP contribution in [0.2, 0.25) is 0 Å².